The maximum atomic E-state index is 11.8. The van der Waals surface area contributed by atoms with Crippen LogP contribution in [-0.2, 0) is 0 Å². The number of phenols is 1. The molecule has 0 saturated carbocycles. The van der Waals surface area contributed by atoms with E-state index in [1.165, 1.54) is 18.5 Å². The molecule has 118 valence electrons. The summed E-state index contributed by atoms with van der Waals surface area (Å²) in [7, 11) is 0. The summed E-state index contributed by atoms with van der Waals surface area (Å²) in [5.41, 5.74) is 2.38. The Morgan fingerprint density at radius 2 is 2.09 bits per heavy atom. The van der Waals surface area contributed by atoms with Crippen LogP contribution in [0, 0.1) is 10.1 Å². The molecule has 1 amide bonds. The molecule has 10 heteroatoms. The number of carbonyl (C=O) groups excluding carboxylic acids is 1. The summed E-state index contributed by atoms with van der Waals surface area (Å²) in [6, 6.07) is 3.86. The van der Waals surface area contributed by atoms with Gasteiger partial charge in [-0.1, -0.05) is 0 Å². The van der Waals surface area contributed by atoms with Crippen molar-refractivity contribution < 1.29 is 14.8 Å². The number of benzene rings is 1. The number of aromatic hydroxyl groups is 1. The first-order valence-electron chi connectivity index (χ1n) is 5.99. The van der Waals surface area contributed by atoms with Gasteiger partial charge < -0.3 is 5.11 Å². The van der Waals surface area contributed by atoms with Gasteiger partial charge in [-0.05, 0) is 37.9 Å². The van der Waals surface area contributed by atoms with Crippen LogP contribution in [0.2, 0.25) is 0 Å². The van der Waals surface area contributed by atoms with E-state index in [9.17, 15) is 20.0 Å². The minimum absolute atomic E-state index is 0.0822. The second-order valence-electron chi connectivity index (χ2n) is 4.21. The fraction of sp³-hybridized carbons (Fsp3) is 0. The van der Waals surface area contributed by atoms with Gasteiger partial charge in [0.25, 0.3) is 11.6 Å². The number of aromatic nitrogens is 1. The van der Waals surface area contributed by atoms with Crippen LogP contribution in [-0.4, -0.2) is 27.1 Å². The summed E-state index contributed by atoms with van der Waals surface area (Å²) in [5, 5.41) is 24.3. The molecule has 0 radical (unpaired) electrons. The predicted molar refractivity (Wildman–Crippen MR) is 89.5 cm³/mol. The van der Waals surface area contributed by atoms with Crippen LogP contribution in [0.4, 0.5) is 5.69 Å². The van der Waals surface area contributed by atoms with E-state index in [4.69, 9.17) is 0 Å². The maximum Gasteiger partial charge on any atom is 0.272 e. The zero-order chi connectivity index (χ0) is 17.0. The van der Waals surface area contributed by atoms with E-state index in [1.54, 1.807) is 6.07 Å². The van der Waals surface area contributed by atoms with Crippen molar-refractivity contribution in [2.75, 3.05) is 0 Å². The first-order chi connectivity index (χ1) is 10.9. The fourth-order valence-electron chi connectivity index (χ4n) is 1.57. The molecule has 0 aliphatic rings. The topological polar surface area (TPSA) is 118 Å². The molecular formula is C13H8Br2N4O4. The number of nitro groups is 1. The molecule has 0 spiro atoms. The smallest absolute Gasteiger partial charge is 0.272 e. The van der Waals surface area contributed by atoms with Crippen molar-refractivity contribution in [1.82, 2.24) is 10.4 Å². The molecule has 0 unspecified atom stereocenters. The highest BCUT2D eigenvalue weighted by Crippen LogP contribution is 2.31. The van der Waals surface area contributed by atoms with Gasteiger partial charge >= 0.3 is 0 Å². The molecule has 23 heavy (non-hydrogen) atoms. The van der Waals surface area contributed by atoms with Gasteiger partial charge in [-0.2, -0.15) is 5.10 Å². The monoisotopic (exact) mass is 442 g/mol. The molecule has 2 rings (SSSR count). The first kappa shape index (κ1) is 17.0. The predicted octanol–water partition coefficient (Wildman–Crippen LogP) is 2.98. The standard InChI is InChI=1S/C13H8Br2N4O4/c14-9-1-8(4-16-6-9)13(21)18-17-5-7-2-10(19(22)23)3-11(15)12(7)20/h1-6,20H,(H,18,21). The number of nitrogens with one attached hydrogen (secondary N) is 1. The number of carbonyl (C=O) groups is 1. The van der Waals surface area contributed by atoms with Gasteiger partial charge in [0.05, 0.1) is 21.2 Å². The quantitative estimate of drug-likeness (QED) is 0.427. The van der Waals surface area contributed by atoms with E-state index >= 15 is 0 Å². The lowest BCUT2D eigenvalue weighted by molar-refractivity contribution is -0.385. The van der Waals surface area contributed by atoms with Crippen molar-refractivity contribution in [2.45, 2.75) is 0 Å². The molecule has 1 aromatic carbocycles. The summed E-state index contributed by atoms with van der Waals surface area (Å²) in [6.45, 7) is 0. The Balaban J connectivity index is 2.17. The van der Waals surface area contributed by atoms with Crippen LogP contribution < -0.4 is 5.43 Å². The van der Waals surface area contributed by atoms with Gasteiger partial charge in [0.15, 0.2) is 0 Å². The number of nitro benzene ring substituents is 1. The van der Waals surface area contributed by atoms with Gasteiger partial charge in [-0.25, -0.2) is 5.43 Å². The summed E-state index contributed by atoms with van der Waals surface area (Å²) < 4.78 is 0.782. The number of rotatable bonds is 4. The van der Waals surface area contributed by atoms with Crippen LogP contribution >= 0.6 is 31.9 Å². The second kappa shape index (κ2) is 7.29. The number of amides is 1. The third kappa shape index (κ3) is 4.33. The van der Waals surface area contributed by atoms with Crippen molar-refractivity contribution in [1.29, 1.82) is 0 Å². The van der Waals surface area contributed by atoms with Gasteiger partial charge in [-0.15, -0.1) is 0 Å². The lowest BCUT2D eigenvalue weighted by atomic mass is 10.2. The first-order valence-corrected chi connectivity index (χ1v) is 7.58. The summed E-state index contributed by atoms with van der Waals surface area (Å²) in [4.78, 5) is 25.9. The van der Waals surface area contributed by atoms with Crippen LogP contribution in [0.3, 0.4) is 0 Å². The number of hydrazone groups is 1. The molecule has 8 nitrogen and oxygen atoms in total. The van der Waals surface area contributed by atoms with Crippen molar-refractivity contribution >= 4 is 49.7 Å². The molecule has 0 saturated heterocycles. The average molecular weight is 444 g/mol. The summed E-state index contributed by atoms with van der Waals surface area (Å²) >= 11 is 6.21. The molecule has 1 heterocycles. The van der Waals surface area contributed by atoms with Crippen LogP contribution in [0.5, 0.6) is 5.75 Å². The van der Waals surface area contributed by atoms with E-state index in [0.717, 1.165) is 12.3 Å². The van der Waals surface area contributed by atoms with E-state index in [2.05, 4.69) is 47.4 Å². The normalized spacial score (nSPS) is 10.7. The van der Waals surface area contributed by atoms with Gasteiger partial charge in [0, 0.05) is 34.6 Å². The largest absolute Gasteiger partial charge is 0.506 e. The van der Waals surface area contributed by atoms with E-state index in [1.807, 2.05) is 0 Å². The van der Waals surface area contributed by atoms with Crippen LogP contribution in [0.15, 0.2) is 44.6 Å². The van der Waals surface area contributed by atoms with E-state index in [0.29, 0.717) is 4.47 Å². The number of hydrogen-bond donors (Lipinski definition) is 2. The SMILES string of the molecule is O=C(NN=Cc1cc([N+](=O)[O-])cc(Br)c1O)c1cncc(Br)c1. The Kier molecular flexibility index (Phi) is 5.40. The number of nitrogens with zero attached hydrogens (tertiary/aromatic N) is 3. The zero-order valence-electron chi connectivity index (χ0n) is 11.2. The minimum Gasteiger partial charge on any atom is -0.506 e. The van der Waals surface area contributed by atoms with Gasteiger partial charge in [-0.3, -0.25) is 19.9 Å². The Labute approximate surface area is 146 Å². The molecule has 0 atom stereocenters. The van der Waals surface area contributed by atoms with Crippen molar-refractivity contribution in [3.8, 4) is 5.75 Å². The maximum absolute atomic E-state index is 11.8. The number of phenolic OH excluding ortho intramolecular Hbond substituents is 1. The Morgan fingerprint density at radius 3 is 2.74 bits per heavy atom. The summed E-state index contributed by atoms with van der Waals surface area (Å²) in [5.74, 6) is -0.739. The van der Waals surface area contributed by atoms with Crippen molar-refractivity contribution in [3.05, 3.63) is 60.8 Å². The second-order valence-corrected chi connectivity index (χ2v) is 5.98. The number of non-ortho nitro benzene ring substituents is 1. The molecule has 0 bridgehead atoms. The lowest BCUT2D eigenvalue weighted by Crippen LogP contribution is -2.17. The zero-order valence-corrected chi connectivity index (χ0v) is 14.4. The third-order valence-corrected chi connectivity index (χ3v) is 3.66. The van der Waals surface area contributed by atoms with Crippen molar-refractivity contribution in [2.24, 2.45) is 5.10 Å². The Hall–Kier alpha value is -2.33. The van der Waals surface area contributed by atoms with Gasteiger partial charge in [0.1, 0.15) is 5.75 Å². The molecule has 0 aliphatic carbocycles. The van der Waals surface area contributed by atoms with Crippen molar-refractivity contribution in [3.63, 3.8) is 0 Å². The number of pyridine rings is 1. The van der Waals surface area contributed by atoms with Crippen LogP contribution in [0.1, 0.15) is 15.9 Å². The molecule has 0 fully saturated rings. The molecule has 1 aromatic heterocycles. The minimum atomic E-state index is -0.604. The number of hydrogen-bond acceptors (Lipinski definition) is 6. The van der Waals surface area contributed by atoms with Crippen LogP contribution in [0.25, 0.3) is 0 Å². The molecular weight excluding hydrogens is 436 g/mol. The third-order valence-electron chi connectivity index (χ3n) is 2.63. The lowest BCUT2D eigenvalue weighted by Gasteiger charge is -2.03. The summed E-state index contributed by atoms with van der Waals surface area (Å²) in [6.07, 6.45) is 3.99. The molecule has 0 aliphatic heterocycles. The van der Waals surface area contributed by atoms with E-state index < -0.39 is 10.8 Å². The highest BCUT2D eigenvalue weighted by Gasteiger charge is 2.13. The highest BCUT2D eigenvalue weighted by atomic mass is 79.9. The molecule has 2 aromatic rings. The van der Waals surface area contributed by atoms with Gasteiger partial charge in [0.2, 0.25) is 0 Å². The van der Waals surface area contributed by atoms with E-state index in [-0.39, 0.29) is 27.0 Å². The fourth-order valence-corrected chi connectivity index (χ4v) is 2.40. The highest BCUT2D eigenvalue weighted by molar-refractivity contribution is 9.10. The number of halogens is 2. The Morgan fingerprint density at radius 1 is 1.35 bits per heavy atom. The Bertz CT molecular complexity index is 811. The molecule has 2 N–H and O–H groups in total. The average Bonchev–Trinajstić information content (AvgIpc) is 2.50.